The van der Waals surface area contributed by atoms with Gasteiger partial charge in [-0.1, -0.05) is 25.8 Å². The van der Waals surface area contributed by atoms with Gasteiger partial charge in [0, 0.05) is 12.7 Å². The van der Waals surface area contributed by atoms with E-state index < -0.39 is 0 Å². The molecule has 1 heterocycles. The average Bonchev–Trinajstić information content (AvgIpc) is 2.24. The van der Waals surface area contributed by atoms with Crippen LogP contribution in [0.1, 0.15) is 53.4 Å². The van der Waals surface area contributed by atoms with Gasteiger partial charge in [0.2, 0.25) is 0 Å². The lowest BCUT2D eigenvalue weighted by molar-refractivity contribution is 0.413. The zero-order valence-corrected chi connectivity index (χ0v) is 11.2. The van der Waals surface area contributed by atoms with Crippen LogP contribution in [0.4, 0.5) is 0 Å². The van der Waals surface area contributed by atoms with Gasteiger partial charge in [0.25, 0.3) is 0 Å². The summed E-state index contributed by atoms with van der Waals surface area (Å²) in [4.78, 5) is 6.72. The van der Waals surface area contributed by atoms with Gasteiger partial charge in [-0.25, -0.2) is 0 Å². The fourth-order valence-corrected chi connectivity index (χ4v) is 1.77. The third-order valence-corrected chi connectivity index (χ3v) is 2.83. The molecule has 0 radical (unpaired) electrons. The minimum Gasteiger partial charge on any atom is -0.340 e. The minimum atomic E-state index is 0.0346. The van der Waals surface area contributed by atoms with Crippen LogP contribution in [0.5, 0.6) is 0 Å². The lowest BCUT2D eigenvalue weighted by Crippen LogP contribution is -2.25. The molecule has 1 unspecified atom stereocenters. The summed E-state index contributed by atoms with van der Waals surface area (Å²) in [6, 6.07) is 0. The van der Waals surface area contributed by atoms with Gasteiger partial charge >= 0.3 is 0 Å². The van der Waals surface area contributed by atoms with Gasteiger partial charge in [-0.3, -0.25) is 4.99 Å². The molecule has 0 saturated heterocycles. The summed E-state index contributed by atoms with van der Waals surface area (Å²) >= 11 is 0. The molecule has 0 spiro atoms. The molecule has 1 atom stereocenters. The quantitative estimate of drug-likeness (QED) is 0.521. The van der Waals surface area contributed by atoms with Crippen molar-refractivity contribution >= 4 is 6.34 Å². The number of aliphatic imine (C=N–C) groups is 1. The van der Waals surface area contributed by atoms with Crippen molar-refractivity contribution in [2.45, 2.75) is 58.9 Å². The maximum absolute atomic E-state index is 4.52. The number of hydrogen-bond acceptors (Lipinski definition) is 1. The van der Waals surface area contributed by atoms with Crippen molar-refractivity contribution in [2.75, 3.05) is 6.54 Å². The van der Waals surface area contributed by atoms with Crippen molar-refractivity contribution in [1.29, 1.82) is 0 Å². The molecule has 2 nitrogen and oxygen atoms in total. The Labute approximate surface area is 100 Å². The van der Waals surface area contributed by atoms with E-state index in [1.165, 1.54) is 25.7 Å². The first-order valence-electron chi connectivity index (χ1n) is 6.50. The van der Waals surface area contributed by atoms with Crippen molar-refractivity contribution in [1.82, 2.24) is 4.90 Å². The highest BCUT2D eigenvalue weighted by atomic mass is 15.1. The zero-order chi connectivity index (χ0) is 12.0. The third kappa shape index (κ3) is 5.34. The van der Waals surface area contributed by atoms with Gasteiger partial charge in [0.1, 0.15) is 0 Å². The van der Waals surface area contributed by atoms with Crippen LogP contribution < -0.4 is 0 Å². The van der Waals surface area contributed by atoms with Gasteiger partial charge in [-0.2, -0.15) is 0 Å². The Morgan fingerprint density at radius 3 is 2.69 bits per heavy atom. The van der Waals surface area contributed by atoms with E-state index in [9.17, 15) is 0 Å². The molecule has 0 bridgehead atoms. The standard InChI is InChI=1S/C14H26N2/c1-5-6-7-13-8-10-16(11-9-13)12-15-14(2,3)4/h8,10,12-13H,5-7,9,11H2,1-4H3. The Morgan fingerprint density at radius 2 is 2.19 bits per heavy atom. The lowest BCUT2D eigenvalue weighted by atomic mass is 9.96. The molecule has 0 amide bonds. The van der Waals surface area contributed by atoms with E-state index in [1.807, 2.05) is 6.34 Å². The minimum absolute atomic E-state index is 0.0346. The van der Waals surface area contributed by atoms with Gasteiger partial charge < -0.3 is 4.90 Å². The molecule has 0 aromatic rings. The molecule has 0 aromatic carbocycles. The van der Waals surface area contributed by atoms with E-state index in [0.29, 0.717) is 0 Å². The second kappa shape index (κ2) is 6.07. The number of unbranched alkanes of at least 4 members (excludes halogenated alkanes) is 1. The van der Waals surface area contributed by atoms with Gasteiger partial charge in [0.15, 0.2) is 0 Å². The summed E-state index contributed by atoms with van der Waals surface area (Å²) < 4.78 is 0. The topological polar surface area (TPSA) is 15.6 Å². The Balaban J connectivity index is 2.37. The van der Waals surface area contributed by atoms with E-state index in [1.54, 1.807) is 0 Å². The smallest absolute Gasteiger partial charge is 0.0896 e. The summed E-state index contributed by atoms with van der Waals surface area (Å²) in [6.45, 7) is 9.75. The summed E-state index contributed by atoms with van der Waals surface area (Å²) in [5, 5.41) is 0. The molecule has 0 N–H and O–H groups in total. The van der Waals surface area contributed by atoms with Gasteiger partial charge in [0.05, 0.1) is 11.9 Å². The van der Waals surface area contributed by atoms with Crippen molar-refractivity contribution < 1.29 is 0 Å². The first kappa shape index (κ1) is 13.3. The third-order valence-electron chi connectivity index (χ3n) is 2.83. The maximum Gasteiger partial charge on any atom is 0.0896 e. The molecular weight excluding hydrogens is 196 g/mol. The first-order chi connectivity index (χ1) is 7.51. The molecule has 2 heteroatoms. The Kier molecular flexibility index (Phi) is 5.04. The summed E-state index contributed by atoms with van der Waals surface area (Å²) in [5.74, 6) is 0.791. The Morgan fingerprint density at radius 1 is 1.44 bits per heavy atom. The molecule has 16 heavy (non-hydrogen) atoms. The maximum atomic E-state index is 4.52. The van der Waals surface area contributed by atoms with Crippen molar-refractivity contribution in [3.63, 3.8) is 0 Å². The van der Waals surface area contributed by atoms with Crippen LogP contribution in [0, 0.1) is 5.92 Å². The highest BCUT2D eigenvalue weighted by molar-refractivity contribution is 5.57. The molecular formula is C14H26N2. The molecule has 92 valence electrons. The molecule has 0 saturated carbocycles. The Hall–Kier alpha value is -0.790. The molecule has 0 aliphatic carbocycles. The lowest BCUT2D eigenvalue weighted by Gasteiger charge is -2.25. The number of nitrogens with zero attached hydrogens (tertiary/aromatic N) is 2. The van der Waals surface area contributed by atoms with Gasteiger partial charge in [-0.15, -0.1) is 0 Å². The molecule has 1 rings (SSSR count). The fraction of sp³-hybridized carbons (Fsp3) is 0.786. The van der Waals surface area contributed by atoms with Crippen LogP contribution in [-0.4, -0.2) is 23.3 Å². The number of hydrogen-bond donors (Lipinski definition) is 0. The summed E-state index contributed by atoms with van der Waals surface area (Å²) in [5.41, 5.74) is 0.0346. The zero-order valence-electron chi connectivity index (χ0n) is 11.2. The highest BCUT2D eigenvalue weighted by Crippen LogP contribution is 2.19. The summed E-state index contributed by atoms with van der Waals surface area (Å²) in [7, 11) is 0. The van der Waals surface area contributed by atoms with Crippen molar-refractivity contribution in [3.05, 3.63) is 12.3 Å². The van der Waals surface area contributed by atoms with Crippen LogP contribution in [0.25, 0.3) is 0 Å². The molecule has 1 aliphatic heterocycles. The van der Waals surface area contributed by atoms with Crippen LogP contribution in [-0.2, 0) is 0 Å². The SMILES string of the molecule is CCCCC1C=CN(C=NC(C)(C)C)CC1. The average molecular weight is 222 g/mol. The number of rotatable bonds is 4. The van der Waals surface area contributed by atoms with E-state index in [2.05, 4.69) is 49.9 Å². The van der Waals surface area contributed by atoms with Crippen LogP contribution in [0.2, 0.25) is 0 Å². The molecule has 1 aliphatic rings. The largest absolute Gasteiger partial charge is 0.340 e. The molecule has 0 fully saturated rings. The predicted octanol–water partition coefficient (Wildman–Crippen LogP) is 3.84. The predicted molar refractivity (Wildman–Crippen MR) is 71.7 cm³/mol. The van der Waals surface area contributed by atoms with Crippen LogP contribution in [0.15, 0.2) is 17.3 Å². The van der Waals surface area contributed by atoms with Crippen LogP contribution >= 0.6 is 0 Å². The normalized spacial score (nSPS) is 22.0. The number of allylic oxidation sites excluding steroid dienone is 1. The first-order valence-corrected chi connectivity index (χ1v) is 6.50. The van der Waals surface area contributed by atoms with Crippen molar-refractivity contribution in [3.8, 4) is 0 Å². The van der Waals surface area contributed by atoms with E-state index in [-0.39, 0.29) is 5.54 Å². The van der Waals surface area contributed by atoms with E-state index >= 15 is 0 Å². The second-order valence-electron chi connectivity index (χ2n) is 5.69. The molecule has 0 aromatic heterocycles. The van der Waals surface area contributed by atoms with Crippen LogP contribution in [0.3, 0.4) is 0 Å². The summed E-state index contributed by atoms with van der Waals surface area (Å²) in [6.07, 6.45) is 11.8. The van der Waals surface area contributed by atoms with E-state index in [0.717, 1.165) is 12.5 Å². The Bertz CT molecular complexity index is 248. The highest BCUT2D eigenvalue weighted by Gasteiger charge is 2.12. The second-order valence-corrected chi connectivity index (χ2v) is 5.69. The fourth-order valence-electron chi connectivity index (χ4n) is 1.77. The van der Waals surface area contributed by atoms with E-state index in [4.69, 9.17) is 0 Å². The van der Waals surface area contributed by atoms with Gasteiger partial charge in [-0.05, 0) is 39.5 Å². The van der Waals surface area contributed by atoms with Crippen molar-refractivity contribution in [2.24, 2.45) is 10.9 Å². The monoisotopic (exact) mass is 222 g/mol.